The Kier molecular flexibility index (Phi) is 2.96. The van der Waals surface area contributed by atoms with Gasteiger partial charge in [0.1, 0.15) is 5.76 Å². The summed E-state index contributed by atoms with van der Waals surface area (Å²) in [6, 6.07) is 9.07. The van der Waals surface area contributed by atoms with Gasteiger partial charge in [0, 0.05) is 12.0 Å². The molecule has 1 aromatic carbocycles. The van der Waals surface area contributed by atoms with Gasteiger partial charge in [-0.15, -0.1) is 0 Å². The van der Waals surface area contributed by atoms with Crippen molar-refractivity contribution in [3.8, 4) is 0 Å². The zero-order chi connectivity index (χ0) is 13.5. The van der Waals surface area contributed by atoms with Gasteiger partial charge in [0.05, 0.1) is 6.20 Å². The molecule has 1 atom stereocenters. The van der Waals surface area contributed by atoms with E-state index in [9.17, 15) is 0 Å². The Hall–Kier alpha value is -1.57. The third-order valence-corrected chi connectivity index (χ3v) is 4.14. The molecule has 1 unspecified atom stereocenters. The third-order valence-electron chi connectivity index (χ3n) is 4.14. The molecule has 2 aromatic rings. The van der Waals surface area contributed by atoms with Crippen molar-refractivity contribution in [1.29, 1.82) is 0 Å². The molecule has 0 aliphatic heterocycles. The minimum atomic E-state index is 0.215. The van der Waals surface area contributed by atoms with Crippen LogP contribution in [0.4, 0.5) is 0 Å². The summed E-state index contributed by atoms with van der Waals surface area (Å²) in [6.07, 6.45) is 5.12. The van der Waals surface area contributed by atoms with Crippen molar-refractivity contribution in [2.24, 2.45) is 0 Å². The monoisotopic (exact) mass is 255 g/mol. The first-order chi connectivity index (χ1) is 9.04. The molecule has 0 fully saturated rings. The van der Waals surface area contributed by atoms with Crippen molar-refractivity contribution in [1.82, 2.24) is 5.16 Å². The summed E-state index contributed by atoms with van der Waals surface area (Å²) in [5.41, 5.74) is 4.38. The van der Waals surface area contributed by atoms with Crippen LogP contribution in [0.15, 0.2) is 35.0 Å². The molecule has 1 aliphatic rings. The van der Waals surface area contributed by atoms with Gasteiger partial charge < -0.3 is 4.52 Å². The lowest BCUT2D eigenvalue weighted by Crippen LogP contribution is -2.14. The quantitative estimate of drug-likeness (QED) is 0.761. The van der Waals surface area contributed by atoms with E-state index in [1.54, 1.807) is 0 Å². The Morgan fingerprint density at radius 3 is 2.89 bits per heavy atom. The molecule has 3 rings (SSSR count). The lowest BCUT2D eigenvalue weighted by molar-refractivity contribution is 0.366. The van der Waals surface area contributed by atoms with E-state index in [1.807, 2.05) is 6.20 Å². The minimum Gasteiger partial charge on any atom is -0.361 e. The zero-order valence-electron chi connectivity index (χ0n) is 11.9. The van der Waals surface area contributed by atoms with E-state index >= 15 is 0 Å². The number of benzene rings is 1. The van der Waals surface area contributed by atoms with Gasteiger partial charge in [0.2, 0.25) is 0 Å². The molecule has 1 aliphatic carbocycles. The van der Waals surface area contributed by atoms with Crippen LogP contribution in [0.5, 0.6) is 0 Å². The van der Waals surface area contributed by atoms with E-state index in [0.29, 0.717) is 5.92 Å². The van der Waals surface area contributed by atoms with Crippen molar-refractivity contribution in [2.75, 3.05) is 0 Å². The van der Waals surface area contributed by atoms with Gasteiger partial charge >= 0.3 is 0 Å². The summed E-state index contributed by atoms with van der Waals surface area (Å²) in [4.78, 5) is 0. The average Bonchev–Trinajstić information content (AvgIpc) is 2.85. The maximum atomic E-state index is 5.27. The molecule has 0 bridgehead atoms. The van der Waals surface area contributed by atoms with Gasteiger partial charge in [0.25, 0.3) is 0 Å². The Morgan fingerprint density at radius 2 is 2.11 bits per heavy atom. The number of nitrogens with zero attached hydrogens (tertiary/aromatic N) is 1. The van der Waals surface area contributed by atoms with Gasteiger partial charge in [-0.05, 0) is 35.3 Å². The summed E-state index contributed by atoms with van der Waals surface area (Å²) in [5, 5.41) is 3.91. The highest BCUT2D eigenvalue weighted by Crippen LogP contribution is 2.34. The molecule has 0 amide bonds. The number of hydrogen-bond donors (Lipinski definition) is 0. The van der Waals surface area contributed by atoms with E-state index < -0.39 is 0 Å². The van der Waals surface area contributed by atoms with Gasteiger partial charge in [-0.2, -0.15) is 0 Å². The number of fused-ring (bicyclic) bond motifs is 1. The topological polar surface area (TPSA) is 26.0 Å². The fourth-order valence-corrected chi connectivity index (χ4v) is 2.87. The zero-order valence-corrected chi connectivity index (χ0v) is 11.9. The molecule has 2 nitrogen and oxygen atoms in total. The predicted octanol–water partition coefficient (Wildman–Crippen LogP) is 4.24. The van der Waals surface area contributed by atoms with Gasteiger partial charge in [-0.25, -0.2) is 0 Å². The molecule has 2 heteroatoms. The molecule has 100 valence electrons. The highest BCUT2D eigenvalue weighted by atomic mass is 16.5. The first kappa shape index (κ1) is 12.5. The summed E-state index contributed by atoms with van der Waals surface area (Å²) >= 11 is 0. The van der Waals surface area contributed by atoms with E-state index in [1.165, 1.54) is 16.7 Å². The standard InChI is InChI=1S/C17H21NO/c1-17(2,3)15-6-4-5-12(10-15)13-7-8-16-14(9-13)11-18-19-16/h4-6,10-11,13H,7-9H2,1-3H3. The molecular weight excluding hydrogens is 234 g/mol. The van der Waals surface area contributed by atoms with Crippen LogP contribution in [-0.2, 0) is 18.3 Å². The fraction of sp³-hybridized carbons (Fsp3) is 0.471. The number of hydrogen-bond acceptors (Lipinski definition) is 2. The maximum absolute atomic E-state index is 5.27. The molecule has 1 aromatic heterocycles. The van der Waals surface area contributed by atoms with Gasteiger partial charge in [0.15, 0.2) is 0 Å². The SMILES string of the molecule is CC(C)(C)c1cccc(C2CCc3oncc3C2)c1. The molecule has 19 heavy (non-hydrogen) atoms. The van der Waals surface area contributed by atoms with Crippen molar-refractivity contribution < 1.29 is 4.52 Å². The van der Waals surface area contributed by atoms with Crippen LogP contribution < -0.4 is 0 Å². The highest BCUT2D eigenvalue weighted by Gasteiger charge is 2.24. The molecule has 0 saturated heterocycles. The molecule has 0 N–H and O–H groups in total. The van der Waals surface area contributed by atoms with Crippen LogP contribution in [0.1, 0.15) is 55.6 Å². The smallest absolute Gasteiger partial charge is 0.139 e. The molecule has 0 radical (unpaired) electrons. The van der Waals surface area contributed by atoms with Crippen LogP contribution in [0.3, 0.4) is 0 Å². The summed E-state index contributed by atoms with van der Waals surface area (Å²) < 4.78 is 5.27. The van der Waals surface area contributed by atoms with Crippen LogP contribution in [0.2, 0.25) is 0 Å². The first-order valence-corrected chi connectivity index (χ1v) is 7.07. The van der Waals surface area contributed by atoms with Gasteiger partial charge in [-0.3, -0.25) is 0 Å². The van der Waals surface area contributed by atoms with Crippen LogP contribution in [-0.4, -0.2) is 5.16 Å². The summed E-state index contributed by atoms with van der Waals surface area (Å²) in [7, 11) is 0. The van der Waals surface area contributed by atoms with E-state index in [4.69, 9.17) is 4.52 Å². The second kappa shape index (κ2) is 4.52. The lowest BCUT2D eigenvalue weighted by atomic mass is 9.80. The van der Waals surface area contributed by atoms with Crippen LogP contribution >= 0.6 is 0 Å². The normalized spacial score (nSPS) is 19.2. The predicted molar refractivity (Wildman–Crippen MR) is 76.4 cm³/mol. The molecular formula is C17H21NO. The van der Waals surface area contributed by atoms with E-state index in [-0.39, 0.29) is 5.41 Å². The van der Waals surface area contributed by atoms with Crippen molar-refractivity contribution in [3.63, 3.8) is 0 Å². The number of aromatic nitrogens is 1. The Bertz CT molecular complexity index is 577. The maximum Gasteiger partial charge on any atom is 0.139 e. The Labute approximate surface area is 114 Å². The van der Waals surface area contributed by atoms with E-state index in [2.05, 4.69) is 50.2 Å². The largest absolute Gasteiger partial charge is 0.361 e. The van der Waals surface area contributed by atoms with Crippen molar-refractivity contribution in [3.05, 3.63) is 52.9 Å². The Balaban J connectivity index is 1.88. The summed E-state index contributed by atoms with van der Waals surface area (Å²) in [5.74, 6) is 1.69. The van der Waals surface area contributed by atoms with E-state index in [0.717, 1.165) is 25.0 Å². The van der Waals surface area contributed by atoms with Crippen LogP contribution in [0.25, 0.3) is 0 Å². The molecule has 1 heterocycles. The Morgan fingerprint density at radius 1 is 1.26 bits per heavy atom. The summed E-state index contributed by atoms with van der Waals surface area (Å²) in [6.45, 7) is 6.81. The van der Waals surface area contributed by atoms with Crippen LogP contribution in [0, 0.1) is 0 Å². The van der Waals surface area contributed by atoms with Crippen molar-refractivity contribution >= 4 is 0 Å². The number of aryl methyl sites for hydroxylation is 1. The van der Waals surface area contributed by atoms with Gasteiger partial charge in [-0.1, -0.05) is 50.2 Å². The average molecular weight is 255 g/mol. The lowest BCUT2D eigenvalue weighted by Gasteiger charge is -2.24. The third kappa shape index (κ3) is 2.44. The highest BCUT2D eigenvalue weighted by molar-refractivity contribution is 5.33. The minimum absolute atomic E-state index is 0.215. The molecule has 0 spiro atoms. The number of rotatable bonds is 1. The second-order valence-electron chi connectivity index (χ2n) is 6.59. The second-order valence-corrected chi connectivity index (χ2v) is 6.59. The van der Waals surface area contributed by atoms with Crippen molar-refractivity contribution in [2.45, 2.75) is 51.4 Å². The fourth-order valence-electron chi connectivity index (χ4n) is 2.87. The molecule has 0 saturated carbocycles. The first-order valence-electron chi connectivity index (χ1n) is 7.07.